The van der Waals surface area contributed by atoms with E-state index in [1.165, 1.54) is 25.7 Å². The number of hydrogen-bond acceptors (Lipinski definition) is 4. The lowest BCUT2D eigenvalue weighted by Crippen LogP contribution is -2.36. The summed E-state index contributed by atoms with van der Waals surface area (Å²) in [6, 6.07) is 0. The molecule has 0 aromatic rings. The monoisotopic (exact) mass is 248 g/mol. The van der Waals surface area contributed by atoms with Crippen LogP contribution in [0.25, 0.3) is 0 Å². The minimum Gasteiger partial charge on any atom is -0.456 e. The molecule has 0 atom stereocenters. The Bertz CT molecular complexity index is 207. The molecule has 2 nitrogen and oxygen atoms in total. The Hall–Kier alpha value is 0.170. The van der Waals surface area contributed by atoms with E-state index in [0.717, 1.165) is 0 Å². The van der Waals surface area contributed by atoms with Gasteiger partial charge >= 0.3 is 0 Å². The van der Waals surface area contributed by atoms with Gasteiger partial charge < -0.3 is 4.74 Å². The van der Waals surface area contributed by atoms with Crippen molar-refractivity contribution >= 4 is 28.1 Å². The average molecular weight is 248 g/mol. The zero-order chi connectivity index (χ0) is 11.4. The second-order valence-corrected chi connectivity index (χ2v) is 8.07. The maximum absolute atomic E-state index is 10.00. The predicted octanol–water partition coefficient (Wildman–Crippen LogP) is 3.86. The molecular weight excluding hydrogens is 228 g/mol. The van der Waals surface area contributed by atoms with Crippen molar-refractivity contribution in [3.05, 3.63) is 0 Å². The molecule has 15 heavy (non-hydrogen) atoms. The summed E-state index contributed by atoms with van der Waals surface area (Å²) in [7, 11) is 3.57. The molecule has 0 N–H and O–H groups in total. The molecule has 0 amide bonds. The smallest absolute Gasteiger partial charge is 0.293 e. The van der Waals surface area contributed by atoms with E-state index >= 15 is 0 Å². The van der Waals surface area contributed by atoms with Crippen LogP contribution in [0.5, 0.6) is 0 Å². The summed E-state index contributed by atoms with van der Waals surface area (Å²) in [5.74, 6) is 0.472. The summed E-state index contributed by atoms with van der Waals surface area (Å²) in [4.78, 5) is 10.00. The third kappa shape index (κ3) is 4.68. The summed E-state index contributed by atoms with van der Waals surface area (Å²) in [5.41, 5.74) is 0.388. The quantitative estimate of drug-likeness (QED) is 0.309. The molecule has 1 aliphatic rings. The van der Waals surface area contributed by atoms with Crippen LogP contribution in [0.15, 0.2) is 0 Å². The summed E-state index contributed by atoms with van der Waals surface area (Å²) in [5, 5.41) is 0. The van der Waals surface area contributed by atoms with Crippen LogP contribution in [0.4, 0.5) is 0 Å². The van der Waals surface area contributed by atoms with Crippen molar-refractivity contribution in [2.45, 2.75) is 51.2 Å². The van der Waals surface area contributed by atoms with Gasteiger partial charge in [-0.2, -0.15) is 0 Å². The van der Waals surface area contributed by atoms with Crippen molar-refractivity contribution < 1.29 is 9.53 Å². The number of ether oxygens (including phenoxy) is 1. The highest BCUT2D eigenvalue weighted by molar-refractivity contribution is 8.77. The summed E-state index contributed by atoms with van der Waals surface area (Å²) >= 11 is 0. The van der Waals surface area contributed by atoms with Crippen LogP contribution in [0.1, 0.15) is 46.5 Å². The summed E-state index contributed by atoms with van der Waals surface area (Å²) < 4.78 is 5.13. The van der Waals surface area contributed by atoms with E-state index in [1.54, 1.807) is 10.8 Å². The first-order valence-corrected chi connectivity index (χ1v) is 7.65. The number of hydrogen-bond donors (Lipinski definition) is 0. The van der Waals surface area contributed by atoms with Gasteiger partial charge in [-0.15, -0.1) is 0 Å². The fourth-order valence-electron chi connectivity index (χ4n) is 2.03. The van der Waals surface area contributed by atoms with Crippen LogP contribution in [0, 0.1) is 5.41 Å². The van der Waals surface area contributed by atoms with Crippen molar-refractivity contribution in [2.24, 2.45) is 5.41 Å². The van der Waals surface area contributed by atoms with Crippen LogP contribution in [-0.4, -0.2) is 17.2 Å². The number of carbonyl (C=O) groups is 1. The number of carbonyl (C=O) groups excluding carboxylic acids is 1. The normalized spacial score (nSPS) is 19.4. The molecular formula is C11H20O2S2. The van der Waals surface area contributed by atoms with E-state index < -0.39 is 0 Å². The molecule has 1 aliphatic carbocycles. The minimum absolute atomic E-state index is 0.388. The highest BCUT2D eigenvalue weighted by Crippen LogP contribution is 2.54. The van der Waals surface area contributed by atoms with Crippen molar-refractivity contribution in [1.82, 2.24) is 0 Å². The van der Waals surface area contributed by atoms with Crippen LogP contribution in [-0.2, 0) is 9.53 Å². The van der Waals surface area contributed by atoms with Gasteiger partial charge in [-0.05, 0) is 24.7 Å². The van der Waals surface area contributed by atoms with E-state index in [1.807, 2.05) is 10.8 Å². The van der Waals surface area contributed by atoms with Gasteiger partial charge in [-0.1, -0.05) is 48.8 Å². The number of rotatable bonds is 6. The molecule has 0 saturated heterocycles. The first-order chi connectivity index (χ1) is 6.97. The molecule has 0 heterocycles. The fourth-order valence-corrected chi connectivity index (χ4v) is 5.13. The Morgan fingerprint density at radius 1 is 1.40 bits per heavy atom. The van der Waals surface area contributed by atoms with E-state index in [2.05, 4.69) is 25.5 Å². The lowest BCUT2D eigenvalue weighted by molar-refractivity contribution is -0.126. The molecule has 1 fully saturated rings. The molecule has 0 bridgehead atoms. The fraction of sp³-hybridized carbons (Fsp3) is 0.909. The SMILES string of the molecule is CC(C)(C)CC1(SSCOC=O)CCC1. The molecule has 0 spiro atoms. The van der Waals surface area contributed by atoms with Crippen molar-refractivity contribution in [3.8, 4) is 0 Å². The van der Waals surface area contributed by atoms with Crippen molar-refractivity contribution in [2.75, 3.05) is 5.94 Å². The standard InChI is InChI=1S/C11H20O2S2/c1-10(2,3)7-11(5-4-6-11)15-14-9-13-8-12/h8H,4-7,9H2,1-3H3. The van der Waals surface area contributed by atoms with E-state index in [4.69, 9.17) is 0 Å². The molecule has 0 unspecified atom stereocenters. The van der Waals surface area contributed by atoms with Gasteiger partial charge in [-0.3, -0.25) is 4.79 Å². The third-order valence-electron chi connectivity index (χ3n) is 2.54. The lowest BCUT2D eigenvalue weighted by Gasteiger charge is -2.44. The predicted molar refractivity (Wildman–Crippen MR) is 67.9 cm³/mol. The van der Waals surface area contributed by atoms with E-state index in [9.17, 15) is 4.79 Å². The molecule has 1 saturated carbocycles. The van der Waals surface area contributed by atoms with Gasteiger partial charge in [0.25, 0.3) is 6.47 Å². The second-order valence-electron chi connectivity index (χ2n) is 5.36. The largest absolute Gasteiger partial charge is 0.456 e. The van der Waals surface area contributed by atoms with Gasteiger partial charge in [-0.25, -0.2) is 0 Å². The van der Waals surface area contributed by atoms with Gasteiger partial charge in [0.1, 0.15) is 5.94 Å². The molecule has 1 rings (SSSR count). The van der Waals surface area contributed by atoms with Gasteiger partial charge in [0.05, 0.1) is 0 Å². The van der Waals surface area contributed by atoms with Crippen molar-refractivity contribution in [1.29, 1.82) is 0 Å². The molecule has 0 aromatic carbocycles. The Balaban J connectivity index is 2.30. The Morgan fingerprint density at radius 3 is 2.47 bits per heavy atom. The molecule has 0 aliphatic heterocycles. The van der Waals surface area contributed by atoms with Gasteiger partial charge in [0.15, 0.2) is 0 Å². The zero-order valence-corrected chi connectivity index (χ0v) is 11.4. The minimum atomic E-state index is 0.388. The second kappa shape index (κ2) is 5.48. The van der Waals surface area contributed by atoms with Crippen LogP contribution < -0.4 is 0 Å². The highest BCUT2D eigenvalue weighted by atomic mass is 33.1. The maximum Gasteiger partial charge on any atom is 0.293 e. The summed E-state index contributed by atoms with van der Waals surface area (Å²) in [6.07, 6.45) is 5.21. The molecule has 4 heteroatoms. The molecule has 0 aromatic heterocycles. The maximum atomic E-state index is 10.00. The Morgan fingerprint density at radius 2 is 2.07 bits per heavy atom. The van der Waals surface area contributed by atoms with Crippen LogP contribution in [0.2, 0.25) is 0 Å². The molecule has 88 valence electrons. The lowest BCUT2D eigenvalue weighted by atomic mass is 9.73. The van der Waals surface area contributed by atoms with Gasteiger partial charge in [0, 0.05) is 4.75 Å². The Labute approximate surface area is 100 Å². The van der Waals surface area contributed by atoms with E-state index in [-0.39, 0.29) is 0 Å². The average Bonchev–Trinajstić information content (AvgIpc) is 2.06. The van der Waals surface area contributed by atoms with Gasteiger partial charge in [0.2, 0.25) is 0 Å². The Kier molecular flexibility index (Phi) is 4.84. The van der Waals surface area contributed by atoms with Crippen molar-refractivity contribution in [3.63, 3.8) is 0 Å². The highest BCUT2D eigenvalue weighted by Gasteiger charge is 2.40. The van der Waals surface area contributed by atoms with Crippen LogP contribution in [0.3, 0.4) is 0 Å². The topological polar surface area (TPSA) is 26.3 Å². The van der Waals surface area contributed by atoms with E-state index in [0.29, 0.717) is 22.6 Å². The third-order valence-corrected chi connectivity index (χ3v) is 5.50. The first kappa shape index (κ1) is 13.2. The molecule has 0 radical (unpaired) electrons. The zero-order valence-electron chi connectivity index (χ0n) is 9.75. The van der Waals surface area contributed by atoms with Crippen LogP contribution >= 0.6 is 21.6 Å². The first-order valence-electron chi connectivity index (χ1n) is 5.33. The summed E-state index contributed by atoms with van der Waals surface area (Å²) in [6.45, 7) is 7.39.